The zero-order valence-corrected chi connectivity index (χ0v) is 21.1. The summed E-state index contributed by atoms with van der Waals surface area (Å²) in [5.74, 6) is -2.10. The van der Waals surface area contributed by atoms with E-state index in [1.165, 1.54) is 12.4 Å². The second-order valence-corrected chi connectivity index (χ2v) is 9.20. The van der Waals surface area contributed by atoms with Crippen molar-refractivity contribution in [1.29, 1.82) is 0 Å². The lowest BCUT2D eigenvalue weighted by Gasteiger charge is -2.03. The first-order chi connectivity index (χ1) is 13.2. The molecule has 0 aliphatic carbocycles. The maximum atomic E-state index is 11.7. The molecule has 0 heterocycles. The molecule has 0 radical (unpaired) electrons. The minimum absolute atomic E-state index is 0.000637. The van der Waals surface area contributed by atoms with Crippen molar-refractivity contribution in [1.82, 2.24) is 10.9 Å². The summed E-state index contributed by atoms with van der Waals surface area (Å²) >= 11 is 10.5. The molecule has 0 atom stereocenters. The smallest absolute Gasteiger partial charge is 0.331 e. The Morgan fingerprint density at radius 3 is 1.54 bits per heavy atom. The Morgan fingerprint density at radius 1 is 0.821 bits per heavy atom. The van der Waals surface area contributed by atoms with E-state index in [2.05, 4.69) is 42.1 Å². The number of nitrogens with zero attached hydrogens (tertiary/aromatic N) is 2. The number of phenols is 2. The van der Waals surface area contributed by atoms with Gasteiger partial charge in [0.1, 0.15) is 11.5 Å². The summed E-state index contributed by atoms with van der Waals surface area (Å²) in [6, 6.07) is 6.62. The molecule has 0 spiro atoms. The predicted molar refractivity (Wildman–Crippen MR) is 129 cm³/mol. The van der Waals surface area contributed by atoms with Crippen LogP contribution in [0.15, 0.2) is 43.4 Å². The number of benzene rings is 2. The minimum atomic E-state index is -1.05. The van der Waals surface area contributed by atoms with Crippen molar-refractivity contribution in [3.05, 3.63) is 51.5 Å². The first kappa shape index (κ1) is 23.0. The standard InChI is InChI=1S/C16H10Br2I2N4O4/c17-9-1-7(13(25)11(19)3-9)5-21-23-15(27)16(28)24-22-6-8-2-10(18)4-12(20)14(8)26/h1-6,25-26H,(H,23,27)(H,24,28)/b21-5-,22-6+. The predicted octanol–water partition coefficient (Wildman–Crippen LogP) is 3.43. The Balaban J connectivity index is 1.96. The van der Waals surface area contributed by atoms with E-state index in [1.54, 1.807) is 24.3 Å². The lowest BCUT2D eigenvalue weighted by molar-refractivity contribution is -0.139. The molecule has 0 aromatic heterocycles. The summed E-state index contributed by atoms with van der Waals surface area (Å²) in [5.41, 5.74) is 4.78. The Hall–Kier alpha value is -1.26. The molecule has 12 heteroatoms. The van der Waals surface area contributed by atoms with Gasteiger partial charge < -0.3 is 10.2 Å². The maximum Gasteiger partial charge on any atom is 0.331 e. The number of carbonyl (C=O) groups is 2. The second kappa shape index (κ2) is 10.5. The van der Waals surface area contributed by atoms with Gasteiger partial charge in [0.05, 0.1) is 19.6 Å². The average Bonchev–Trinajstić information content (AvgIpc) is 2.62. The van der Waals surface area contributed by atoms with Gasteiger partial charge in [-0.3, -0.25) is 9.59 Å². The van der Waals surface area contributed by atoms with Gasteiger partial charge in [-0.1, -0.05) is 31.9 Å². The maximum absolute atomic E-state index is 11.7. The van der Waals surface area contributed by atoms with Gasteiger partial charge in [0.15, 0.2) is 0 Å². The number of hydrazone groups is 2. The lowest BCUT2D eigenvalue weighted by Crippen LogP contribution is -2.35. The van der Waals surface area contributed by atoms with E-state index in [1.807, 2.05) is 56.0 Å². The van der Waals surface area contributed by atoms with Crippen molar-refractivity contribution in [2.75, 3.05) is 0 Å². The van der Waals surface area contributed by atoms with Gasteiger partial charge >= 0.3 is 11.8 Å². The summed E-state index contributed by atoms with van der Waals surface area (Å²) in [4.78, 5) is 23.5. The monoisotopic (exact) mass is 734 g/mol. The number of aromatic hydroxyl groups is 2. The zero-order valence-electron chi connectivity index (χ0n) is 13.6. The van der Waals surface area contributed by atoms with Crippen molar-refractivity contribution >= 4 is 101 Å². The molecule has 2 aromatic rings. The van der Waals surface area contributed by atoms with Crippen LogP contribution in [0.5, 0.6) is 11.5 Å². The molecule has 2 amide bonds. The molecule has 0 saturated heterocycles. The fourth-order valence-electron chi connectivity index (χ4n) is 1.79. The highest BCUT2D eigenvalue weighted by Gasteiger charge is 2.12. The molecule has 0 aliphatic rings. The fraction of sp³-hybridized carbons (Fsp3) is 0. The fourth-order valence-corrected chi connectivity index (χ4v) is 4.89. The van der Waals surface area contributed by atoms with Crippen molar-refractivity contribution < 1.29 is 19.8 Å². The molecule has 28 heavy (non-hydrogen) atoms. The molecular weight excluding hydrogens is 726 g/mol. The highest BCUT2D eigenvalue weighted by atomic mass is 127. The van der Waals surface area contributed by atoms with E-state index < -0.39 is 11.8 Å². The first-order valence-electron chi connectivity index (χ1n) is 7.21. The summed E-state index contributed by atoms with van der Waals surface area (Å²) < 4.78 is 2.63. The van der Waals surface area contributed by atoms with Crippen LogP contribution in [0.4, 0.5) is 0 Å². The third kappa shape index (κ3) is 6.38. The molecule has 0 aliphatic heterocycles. The molecule has 0 unspecified atom stereocenters. The van der Waals surface area contributed by atoms with Crippen molar-refractivity contribution in [2.24, 2.45) is 10.2 Å². The number of hydrogen-bond donors (Lipinski definition) is 4. The van der Waals surface area contributed by atoms with Gasteiger partial charge in [-0.15, -0.1) is 0 Å². The first-order valence-corrected chi connectivity index (χ1v) is 11.0. The van der Waals surface area contributed by atoms with Crippen LogP contribution < -0.4 is 10.9 Å². The van der Waals surface area contributed by atoms with Crippen LogP contribution in [0, 0.1) is 7.14 Å². The molecule has 0 bridgehead atoms. The molecule has 4 N–H and O–H groups in total. The number of phenolic OH excluding ortho intramolecular Hbond substituents is 2. The number of nitrogens with one attached hydrogen (secondary N) is 2. The Kier molecular flexibility index (Phi) is 8.63. The van der Waals surface area contributed by atoms with E-state index >= 15 is 0 Å². The highest BCUT2D eigenvalue weighted by Crippen LogP contribution is 2.28. The van der Waals surface area contributed by atoms with Crippen LogP contribution in [-0.4, -0.2) is 34.5 Å². The topological polar surface area (TPSA) is 123 Å². The third-order valence-electron chi connectivity index (χ3n) is 3.06. The Labute approximate surface area is 203 Å². The molecule has 0 saturated carbocycles. The van der Waals surface area contributed by atoms with E-state index in [0.717, 1.165) is 8.95 Å². The van der Waals surface area contributed by atoms with Gasteiger partial charge in [0, 0.05) is 20.1 Å². The summed E-state index contributed by atoms with van der Waals surface area (Å²) in [6.07, 6.45) is 2.41. The van der Waals surface area contributed by atoms with Gasteiger partial charge in [0.2, 0.25) is 0 Å². The summed E-state index contributed by atoms with van der Waals surface area (Å²) in [7, 11) is 0. The Morgan fingerprint density at radius 2 is 1.18 bits per heavy atom. The number of halogens is 4. The minimum Gasteiger partial charge on any atom is -0.506 e. The van der Waals surface area contributed by atoms with E-state index in [9.17, 15) is 19.8 Å². The van der Waals surface area contributed by atoms with E-state index in [4.69, 9.17) is 0 Å². The number of hydrogen-bond acceptors (Lipinski definition) is 6. The van der Waals surface area contributed by atoms with Crippen LogP contribution in [0.3, 0.4) is 0 Å². The molecule has 2 aromatic carbocycles. The third-order valence-corrected chi connectivity index (χ3v) is 5.62. The zero-order chi connectivity index (χ0) is 20.8. The summed E-state index contributed by atoms with van der Waals surface area (Å²) in [6.45, 7) is 0. The normalized spacial score (nSPS) is 11.1. The van der Waals surface area contributed by atoms with Gasteiger partial charge in [-0.2, -0.15) is 10.2 Å². The quantitative estimate of drug-likeness (QED) is 0.167. The van der Waals surface area contributed by atoms with Gasteiger partial charge in [-0.05, 0) is 69.4 Å². The van der Waals surface area contributed by atoms with Crippen LogP contribution in [0.25, 0.3) is 0 Å². The van der Waals surface area contributed by atoms with Crippen molar-refractivity contribution in [3.8, 4) is 11.5 Å². The van der Waals surface area contributed by atoms with Crippen molar-refractivity contribution in [2.45, 2.75) is 0 Å². The summed E-state index contributed by atoms with van der Waals surface area (Å²) in [5, 5.41) is 27.1. The van der Waals surface area contributed by atoms with Crippen LogP contribution in [0.2, 0.25) is 0 Å². The highest BCUT2D eigenvalue weighted by molar-refractivity contribution is 14.1. The molecule has 8 nitrogen and oxygen atoms in total. The number of amides is 2. The van der Waals surface area contributed by atoms with Crippen LogP contribution in [-0.2, 0) is 9.59 Å². The molecule has 2 rings (SSSR count). The van der Waals surface area contributed by atoms with Crippen molar-refractivity contribution in [3.63, 3.8) is 0 Å². The molecular formula is C16H10Br2I2N4O4. The van der Waals surface area contributed by atoms with E-state index in [0.29, 0.717) is 18.3 Å². The number of rotatable bonds is 4. The van der Waals surface area contributed by atoms with Crippen LogP contribution >= 0.6 is 77.0 Å². The largest absolute Gasteiger partial charge is 0.506 e. The van der Waals surface area contributed by atoms with E-state index in [-0.39, 0.29) is 11.5 Å². The second-order valence-electron chi connectivity index (χ2n) is 5.05. The van der Waals surface area contributed by atoms with Gasteiger partial charge in [0.25, 0.3) is 0 Å². The van der Waals surface area contributed by atoms with Crippen LogP contribution in [0.1, 0.15) is 11.1 Å². The SMILES string of the molecule is O=C(N/N=C\c1cc(Br)cc(I)c1O)C(=O)N/N=C/c1cc(Br)cc(I)c1O. The lowest BCUT2D eigenvalue weighted by atomic mass is 10.2. The van der Waals surface area contributed by atoms with Gasteiger partial charge in [-0.25, -0.2) is 10.9 Å². The number of carbonyl (C=O) groups excluding carboxylic acids is 2. The average molecular weight is 736 g/mol. The molecule has 0 fully saturated rings. The Bertz CT molecular complexity index is 920. The molecule has 146 valence electrons.